The van der Waals surface area contributed by atoms with Gasteiger partial charge in [-0.1, -0.05) is 0 Å². The molecule has 0 saturated carbocycles. The fraction of sp³-hybridized carbons (Fsp3) is 1.00. The molecule has 2 saturated heterocycles. The zero-order valence-corrected chi connectivity index (χ0v) is 14.6. The van der Waals surface area contributed by atoms with Crippen LogP contribution in [0.3, 0.4) is 0 Å². The summed E-state index contributed by atoms with van der Waals surface area (Å²) in [4.78, 5) is 2.61. The number of nitrogens with zero attached hydrogens (tertiary/aromatic N) is 1. The van der Waals surface area contributed by atoms with Gasteiger partial charge in [-0.15, -0.1) is 0 Å². The Morgan fingerprint density at radius 2 is 1.81 bits per heavy atom. The first-order chi connectivity index (χ1) is 9.73. The van der Waals surface area contributed by atoms with E-state index < -0.39 is 0 Å². The van der Waals surface area contributed by atoms with E-state index in [1.54, 1.807) is 0 Å². The van der Waals surface area contributed by atoms with Crippen LogP contribution in [0.1, 0.15) is 47.5 Å². The van der Waals surface area contributed by atoms with Gasteiger partial charge in [-0.05, 0) is 47.5 Å². The van der Waals surface area contributed by atoms with E-state index in [9.17, 15) is 0 Å². The number of ether oxygens (including phenoxy) is 2. The van der Waals surface area contributed by atoms with Gasteiger partial charge in [-0.25, -0.2) is 0 Å². The van der Waals surface area contributed by atoms with Gasteiger partial charge in [-0.2, -0.15) is 0 Å². The van der Waals surface area contributed by atoms with Gasteiger partial charge in [0.25, 0.3) is 0 Å². The van der Waals surface area contributed by atoms with Crippen LogP contribution in [0.15, 0.2) is 0 Å². The molecule has 2 aliphatic rings. The molecule has 0 aromatic carbocycles. The van der Waals surface area contributed by atoms with Gasteiger partial charge < -0.3 is 14.8 Å². The molecule has 0 radical (unpaired) electrons. The predicted octanol–water partition coefficient (Wildman–Crippen LogP) is 2.28. The van der Waals surface area contributed by atoms with Crippen LogP contribution in [0, 0.1) is 5.41 Å². The molecule has 4 nitrogen and oxygen atoms in total. The quantitative estimate of drug-likeness (QED) is 0.863. The van der Waals surface area contributed by atoms with Crippen LogP contribution >= 0.6 is 0 Å². The van der Waals surface area contributed by atoms with Crippen molar-refractivity contribution < 1.29 is 9.47 Å². The lowest BCUT2D eigenvalue weighted by Gasteiger charge is -2.49. The SMILES string of the molecule is CC(C)(C)NCC1(CN2CCOCC2(C)C)CCCOC1. The first kappa shape index (κ1) is 17.2. The molecule has 2 heterocycles. The Balaban J connectivity index is 2.04. The smallest absolute Gasteiger partial charge is 0.0645 e. The van der Waals surface area contributed by atoms with Gasteiger partial charge in [0.2, 0.25) is 0 Å². The highest BCUT2D eigenvalue weighted by Gasteiger charge is 2.40. The maximum atomic E-state index is 5.86. The van der Waals surface area contributed by atoms with Gasteiger partial charge in [-0.3, -0.25) is 4.90 Å². The van der Waals surface area contributed by atoms with Crippen molar-refractivity contribution in [3.8, 4) is 0 Å². The molecular weight excluding hydrogens is 264 g/mol. The molecule has 0 amide bonds. The van der Waals surface area contributed by atoms with E-state index >= 15 is 0 Å². The standard InChI is InChI=1S/C17H34N2O2/c1-15(2,3)18-11-17(7-6-9-20-14-17)12-19-8-10-21-13-16(19,4)5/h18H,6-14H2,1-5H3. The second kappa shape index (κ2) is 6.53. The number of rotatable bonds is 4. The van der Waals surface area contributed by atoms with Gasteiger partial charge in [0.05, 0.1) is 19.8 Å². The summed E-state index contributed by atoms with van der Waals surface area (Å²) in [5.74, 6) is 0. The molecule has 1 N–H and O–H groups in total. The van der Waals surface area contributed by atoms with Crippen molar-refractivity contribution in [2.75, 3.05) is 46.1 Å². The van der Waals surface area contributed by atoms with Gasteiger partial charge in [0, 0.05) is 42.7 Å². The number of nitrogens with one attached hydrogen (secondary N) is 1. The molecule has 0 aromatic rings. The van der Waals surface area contributed by atoms with Crippen LogP contribution in [0.4, 0.5) is 0 Å². The third kappa shape index (κ3) is 4.92. The Kier molecular flexibility index (Phi) is 5.35. The maximum Gasteiger partial charge on any atom is 0.0645 e. The Bertz CT molecular complexity index is 330. The van der Waals surface area contributed by atoms with E-state index in [1.807, 2.05) is 0 Å². The first-order valence-electron chi connectivity index (χ1n) is 8.38. The monoisotopic (exact) mass is 298 g/mol. The summed E-state index contributed by atoms with van der Waals surface area (Å²) in [7, 11) is 0. The number of hydrogen-bond donors (Lipinski definition) is 1. The van der Waals surface area contributed by atoms with E-state index in [-0.39, 0.29) is 16.5 Å². The van der Waals surface area contributed by atoms with E-state index in [0.29, 0.717) is 0 Å². The Hall–Kier alpha value is -0.160. The summed E-state index contributed by atoms with van der Waals surface area (Å²) >= 11 is 0. The van der Waals surface area contributed by atoms with Crippen molar-refractivity contribution in [3.05, 3.63) is 0 Å². The summed E-state index contributed by atoms with van der Waals surface area (Å²) in [6, 6.07) is 0. The minimum Gasteiger partial charge on any atom is -0.381 e. The molecule has 1 atom stereocenters. The lowest BCUT2D eigenvalue weighted by Crippen LogP contribution is -2.60. The van der Waals surface area contributed by atoms with Gasteiger partial charge >= 0.3 is 0 Å². The van der Waals surface area contributed by atoms with Crippen molar-refractivity contribution in [1.29, 1.82) is 0 Å². The van der Waals surface area contributed by atoms with E-state index in [2.05, 4.69) is 44.8 Å². The van der Waals surface area contributed by atoms with Crippen LogP contribution in [-0.4, -0.2) is 62.0 Å². The molecule has 2 fully saturated rings. The fourth-order valence-electron chi connectivity index (χ4n) is 3.27. The molecule has 0 aromatic heterocycles. The molecule has 4 heteroatoms. The van der Waals surface area contributed by atoms with Gasteiger partial charge in [0.15, 0.2) is 0 Å². The average Bonchev–Trinajstić information content (AvgIpc) is 2.40. The second-order valence-corrected chi connectivity index (χ2v) is 8.55. The van der Waals surface area contributed by atoms with Crippen LogP contribution in [0.2, 0.25) is 0 Å². The van der Waals surface area contributed by atoms with Crippen LogP contribution in [0.25, 0.3) is 0 Å². The van der Waals surface area contributed by atoms with Gasteiger partial charge in [0.1, 0.15) is 0 Å². The van der Waals surface area contributed by atoms with Crippen molar-refractivity contribution in [1.82, 2.24) is 10.2 Å². The lowest BCUT2D eigenvalue weighted by atomic mass is 9.80. The summed E-state index contributed by atoms with van der Waals surface area (Å²) in [6.45, 7) is 18.0. The van der Waals surface area contributed by atoms with Crippen molar-refractivity contribution >= 4 is 0 Å². The van der Waals surface area contributed by atoms with E-state index in [0.717, 1.165) is 46.1 Å². The molecular formula is C17H34N2O2. The molecule has 1 unspecified atom stereocenters. The highest BCUT2D eigenvalue weighted by atomic mass is 16.5. The number of hydrogen-bond acceptors (Lipinski definition) is 4. The van der Waals surface area contributed by atoms with Crippen molar-refractivity contribution in [3.63, 3.8) is 0 Å². The lowest BCUT2D eigenvalue weighted by molar-refractivity contribution is -0.0934. The minimum absolute atomic E-state index is 0.129. The Morgan fingerprint density at radius 3 is 2.38 bits per heavy atom. The third-order valence-corrected chi connectivity index (χ3v) is 4.74. The molecule has 0 aliphatic carbocycles. The van der Waals surface area contributed by atoms with Crippen LogP contribution in [0.5, 0.6) is 0 Å². The summed E-state index contributed by atoms with van der Waals surface area (Å²) in [5.41, 5.74) is 0.523. The molecule has 2 aliphatic heterocycles. The molecule has 21 heavy (non-hydrogen) atoms. The maximum absolute atomic E-state index is 5.86. The third-order valence-electron chi connectivity index (χ3n) is 4.74. The normalized spacial score (nSPS) is 31.3. The minimum atomic E-state index is 0.129. The van der Waals surface area contributed by atoms with Crippen LogP contribution < -0.4 is 5.32 Å². The molecule has 2 rings (SSSR count). The fourth-order valence-corrected chi connectivity index (χ4v) is 3.27. The average molecular weight is 298 g/mol. The topological polar surface area (TPSA) is 33.7 Å². The summed E-state index contributed by atoms with van der Waals surface area (Å²) < 4.78 is 11.5. The largest absolute Gasteiger partial charge is 0.381 e. The van der Waals surface area contributed by atoms with Crippen molar-refractivity contribution in [2.45, 2.75) is 58.5 Å². The highest BCUT2D eigenvalue weighted by Crippen LogP contribution is 2.33. The Morgan fingerprint density at radius 1 is 1.10 bits per heavy atom. The number of morpholine rings is 1. The summed E-state index contributed by atoms with van der Waals surface area (Å²) in [6.07, 6.45) is 2.43. The second-order valence-electron chi connectivity index (χ2n) is 8.55. The van der Waals surface area contributed by atoms with Crippen LogP contribution in [-0.2, 0) is 9.47 Å². The highest BCUT2D eigenvalue weighted by molar-refractivity contribution is 4.94. The summed E-state index contributed by atoms with van der Waals surface area (Å²) in [5, 5.41) is 3.71. The van der Waals surface area contributed by atoms with E-state index in [4.69, 9.17) is 9.47 Å². The molecule has 0 bridgehead atoms. The first-order valence-corrected chi connectivity index (χ1v) is 8.38. The predicted molar refractivity (Wildman–Crippen MR) is 86.7 cm³/mol. The van der Waals surface area contributed by atoms with E-state index in [1.165, 1.54) is 12.8 Å². The molecule has 124 valence electrons. The molecule has 0 spiro atoms. The zero-order chi connectivity index (χ0) is 15.6. The zero-order valence-electron chi connectivity index (χ0n) is 14.6. The Labute approximate surface area is 130 Å². The van der Waals surface area contributed by atoms with Crippen molar-refractivity contribution in [2.24, 2.45) is 5.41 Å².